The monoisotopic (exact) mass is 245 g/mol. The number of nitrogens with two attached hydrogens (primary N) is 1. The molecule has 3 N–H and O–H groups in total. The number of amides is 1. The molecule has 0 spiro atoms. The summed E-state index contributed by atoms with van der Waals surface area (Å²) in [6.45, 7) is 3.76. The van der Waals surface area contributed by atoms with Gasteiger partial charge < -0.3 is 11.1 Å². The summed E-state index contributed by atoms with van der Waals surface area (Å²) < 4.78 is 1.57. The van der Waals surface area contributed by atoms with Crippen LogP contribution in [0.1, 0.15) is 11.6 Å². The van der Waals surface area contributed by atoms with Crippen molar-refractivity contribution in [2.24, 2.45) is 0 Å². The van der Waals surface area contributed by atoms with Crippen molar-refractivity contribution >= 4 is 17.3 Å². The first-order chi connectivity index (χ1) is 8.54. The molecule has 0 aliphatic carbocycles. The average molecular weight is 245 g/mol. The van der Waals surface area contributed by atoms with Crippen LogP contribution in [-0.2, 0) is 11.3 Å². The van der Waals surface area contributed by atoms with Gasteiger partial charge in [0.15, 0.2) is 0 Å². The van der Waals surface area contributed by atoms with E-state index in [4.69, 9.17) is 5.73 Å². The fourth-order valence-electron chi connectivity index (χ4n) is 1.61. The average Bonchev–Trinajstić information content (AvgIpc) is 2.61. The number of hydrogen-bond donors (Lipinski definition) is 2. The van der Waals surface area contributed by atoms with Crippen molar-refractivity contribution in [2.75, 3.05) is 11.1 Å². The number of nitrogens with zero attached hydrogens (tertiary/aromatic N) is 3. The lowest BCUT2D eigenvalue weighted by Crippen LogP contribution is -2.20. The maximum Gasteiger partial charge on any atom is 0.246 e. The molecule has 0 fully saturated rings. The minimum atomic E-state index is -0.146. The topological polar surface area (TPSA) is 85.8 Å². The lowest BCUT2D eigenvalue weighted by atomic mass is 10.3. The van der Waals surface area contributed by atoms with Gasteiger partial charge in [-0.1, -0.05) is 0 Å². The van der Waals surface area contributed by atoms with Crippen molar-refractivity contribution < 1.29 is 4.79 Å². The Bertz CT molecular complexity index is 558. The van der Waals surface area contributed by atoms with E-state index in [2.05, 4.69) is 15.4 Å². The molecule has 0 unspecified atom stereocenters. The molecule has 2 rings (SSSR count). The summed E-state index contributed by atoms with van der Waals surface area (Å²) in [5.74, 6) is 1.24. The normalized spacial score (nSPS) is 10.3. The maximum atomic E-state index is 11.8. The predicted octanol–water partition coefficient (Wildman–Crippen LogP) is 1.12. The van der Waals surface area contributed by atoms with Gasteiger partial charge in [0.25, 0.3) is 0 Å². The summed E-state index contributed by atoms with van der Waals surface area (Å²) in [5, 5.41) is 6.90. The molecule has 0 bridgehead atoms. The first-order valence-corrected chi connectivity index (χ1v) is 5.58. The zero-order valence-corrected chi connectivity index (χ0v) is 10.3. The second kappa shape index (κ2) is 4.87. The lowest BCUT2D eigenvalue weighted by Gasteiger charge is -2.06. The summed E-state index contributed by atoms with van der Waals surface area (Å²) in [4.78, 5) is 15.9. The number of carbonyl (C=O) groups excluding carboxylic acids is 1. The Morgan fingerprint density at radius 2 is 2.00 bits per heavy atom. The summed E-state index contributed by atoms with van der Waals surface area (Å²) in [5.41, 5.74) is 6.94. The van der Waals surface area contributed by atoms with Gasteiger partial charge in [0.2, 0.25) is 5.91 Å². The highest BCUT2D eigenvalue weighted by Crippen LogP contribution is 2.10. The zero-order chi connectivity index (χ0) is 13.1. The van der Waals surface area contributed by atoms with Crippen molar-refractivity contribution in [1.82, 2.24) is 14.8 Å². The van der Waals surface area contributed by atoms with Crippen molar-refractivity contribution in [1.29, 1.82) is 0 Å². The number of aromatic nitrogens is 3. The highest BCUT2D eigenvalue weighted by atomic mass is 16.2. The van der Waals surface area contributed by atoms with Gasteiger partial charge in [0.05, 0.1) is 0 Å². The minimum Gasteiger partial charge on any atom is -0.399 e. The van der Waals surface area contributed by atoms with E-state index in [0.29, 0.717) is 17.2 Å². The van der Waals surface area contributed by atoms with Crippen molar-refractivity contribution in [2.45, 2.75) is 20.4 Å². The number of aryl methyl sites for hydroxylation is 2. The van der Waals surface area contributed by atoms with E-state index in [1.54, 1.807) is 35.9 Å². The number of nitrogens with one attached hydrogen (secondary N) is 1. The van der Waals surface area contributed by atoms with E-state index in [9.17, 15) is 4.79 Å². The van der Waals surface area contributed by atoms with Crippen LogP contribution in [0.4, 0.5) is 11.4 Å². The molecule has 0 aliphatic rings. The van der Waals surface area contributed by atoms with E-state index in [-0.39, 0.29) is 12.5 Å². The van der Waals surface area contributed by atoms with E-state index in [0.717, 1.165) is 5.82 Å². The highest BCUT2D eigenvalue weighted by Gasteiger charge is 2.08. The first kappa shape index (κ1) is 12.1. The van der Waals surface area contributed by atoms with Crippen LogP contribution >= 0.6 is 0 Å². The van der Waals surface area contributed by atoms with Crippen LogP contribution in [0, 0.1) is 13.8 Å². The Hall–Kier alpha value is -2.37. The number of anilines is 2. The van der Waals surface area contributed by atoms with Crippen LogP contribution < -0.4 is 11.1 Å². The van der Waals surface area contributed by atoms with Crippen molar-refractivity contribution in [3.05, 3.63) is 35.9 Å². The molecule has 1 aromatic carbocycles. The van der Waals surface area contributed by atoms with E-state index < -0.39 is 0 Å². The standard InChI is InChI=1S/C12H15N5O/c1-8-14-9(2)17(16-8)7-12(18)15-11-5-3-10(13)4-6-11/h3-6H,7,13H2,1-2H3,(H,15,18). The molecule has 6 nitrogen and oxygen atoms in total. The molecule has 6 heteroatoms. The molecule has 0 saturated carbocycles. The van der Waals surface area contributed by atoms with Gasteiger partial charge in [0, 0.05) is 11.4 Å². The molecular formula is C12H15N5O. The molecule has 0 saturated heterocycles. The number of nitrogen functional groups attached to an aromatic ring is 1. The molecule has 1 amide bonds. The minimum absolute atomic E-state index is 0.146. The molecule has 1 heterocycles. The number of hydrogen-bond acceptors (Lipinski definition) is 4. The third kappa shape index (κ3) is 2.85. The second-order valence-electron chi connectivity index (χ2n) is 4.03. The van der Waals surface area contributed by atoms with Crippen LogP contribution in [0.2, 0.25) is 0 Å². The van der Waals surface area contributed by atoms with Crippen molar-refractivity contribution in [3.63, 3.8) is 0 Å². The molecule has 1 aromatic heterocycles. The summed E-state index contributed by atoms with van der Waals surface area (Å²) in [6.07, 6.45) is 0. The SMILES string of the molecule is Cc1nc(C)n(CC(=O)Nc2ccc(N)cc2)n1. The predicted molar refractivity (Wildman–Crippen MR) is 69.0 cm³/mol. The molecule has 0 atom stereocenters. The Morgan fingerprint density at radius 3 is 2.56 bits per heavy atom. The smallest absolute Gasteiger partial charge is 0.246 e. The fourth-order valence-corrected chi connectivity index (χ4v) is 1.61. The third-order valence-electron chi connectivity index (χ3n) is 2.45. The number of carbonyl (C=O) groups is 1. The van der Waals surface area contributed by atoms with Gasteiger partial charge in [-0.25, -0.2) is 9.67 Å². The Labute approximate surface area is 105 Å². The molecule has 18 heavy (non-hydrogen) atoms. The lowest BCUT2D eigenvalue weighted by molar-refractivity contribution is -0.116. The zero-order valence-electron chi connectivity index (χ0n) is 10.3. The van der Waals surface area contributed by atoms with Gasteiger partial charge in [-0.15, -0.1) is 0 Å². The summed E-state index contributed by atoms with van der Waals surface area (Å²) >= 11 is 0. The highest BCUT2D eigenvalue weighted by molar-refractivity contribution is 5.90. The summed E-state index contributed by atoms with van der Waals surface area (Å²) in [7, 11) is 0. The molecule has 0 radical (unpaired) electrons. The second-order valence-corrected chi connectivity index (χ2v) is 4.03. The first-order valence-electron chi connectivity index (χ1n) is 5.58. The van der Waals surface area contributed by atoms with Crippen molar-refractivity contribution in [3.8, 4) is 0 Å². The van der Waals surface area contributed by atoms with E-state index in [1.165, 1.54) is 0 Å². The Morgan fingerprint density at radius 1 is 1.33 bits per heavy atom. The number of benzene rings is 1. The van der Waals surface area contributed by atoms with Crippen LogP contribution in [0.3, 0.4) is 0 Å². The Balaban J connectivity index is 2.01. The van der Waals surface area contributed by atoms with Gasteiger partial charge in [0.1, 0.15) is 18.2 Å². The van der Waals surface area contributed by atoms with Gasteiger partial charge >= 0.3 is 0 Å². The van der Waals surface area contributed by atoms with Crippen LogP contribution in [0.25, 0.3) is 0 Å². The van der Waals surface area contributed by atoms with Crippen LogP contribution in [-0.4, -0.2) is 20.7 Å². The third-order valence-corrected chi connectivity index (χ3v) is 2.45. The largest absolute Gasteiger partial charge is 0.399 e. The molecule has 0 aliphatic heterocycles. The van der Waals surface area contributed by atoms with Crippen LogP contribution in [0.15, 0.2) is 24.3 Å². The van der Waals surface area contributed by atoms with E-state index in [1.807, 2.05) is 6.92 Å². The van der Waals surface area contributed by atoms with Crippen LogP contribution in [0.5, 0.6) is 0 Å². The number of rotatable bonds is 3. The Kier molecular flexibility index (Phi) is 3.27. The molecule has 94 valence electrons. The van der Waals surface area contributed by atoms with E-state index >= 15 is 0 Å². The summed E-state index contributed by atoms with van der Waals surface area (Å²) in [6, 6.07) is 6.99. The molecular weight excluding hydrogens is 230 g/mol. The van der Waals surface area contributed by atoms with Gasteiger partial charge in [-0.05, 0) is 38.1 Å². The maximum absolute atomic E-state index is 11.8. The quantitative estimate of drug-likeness (QED) is 0.793. The fraction of sp³-hybridized carbons (Fsp3) is 0.250. The molecule has 2 aromatic rings. The van der Waals surface area contributed by atoms with Gasteiger partial charge in [-0.3, -0.25) is 4.79 Å². The van der Waals surface area contributed by atoms with Gasteiger partial charge in [-0.2, -0.15) is 5.10 Å².